The second-order valence-electron chi connectivity index (χ2n) is 8.30. The molecule has 3 aromatic rings. The number of aromatic nitrogens is 1. The summed E-state index contributed by atoms with van der Waals surface area (Å²) < 4.78 is 0. The Labute approximate surface area is 188 Å². The van der Waals surface area contributed by atoms with Crippen LogP contribution in [0.3, 0.4) is 0 Å². The second kappa shape index (κ2) is 8.83. The average Bonchev–Trinajstić information content (AvgIpc) is 3.20. The van der Waals surface area contributed by atoms with Crippen LogP contribution in [0.4, 0.5) is 5.82 Å². The molecule has 3 heterocycles. The fourth-order valence-electron chi connectivity index (χ4n) is 4.60. The van der Waals surface area contributed by atoms with Gasteiger partial charge in [0.15, 0.2) is 0 Å². The molecule has 2 aliphatic rings. The lowest BCUT2D eigenvalue weighted by Crippen LogP contribution is -2.55. The molecule has 0 spiro atoms. The highest BCUT2D eigenvalue weighted by atomic mass is 16.2. The zero-order chi connectivity index (χ0) is 21.9. The Morgan fingerprint density at radius 2 is 1.59 bits per heavy atom. The van der Waals surface area contributed by atoms with E-state index in [1.807, 2.05) is 77.7 Å². The third-order valence-corrected chi connectivity index (χ3v) is 6.35. The van der Waals surface area contributed by atoms with Crippen LogP contribution in [0, 0.1) is 0 Å². The van der Waals surface area contributed by atoms with E-state index in [0.29, 0.717) is 31.6 Å². The number of carbonyl (C=O) groups excluding carboxylic acids is 2. The maximum absolute atomic E-state index is 13.7. The molecule has 5 rings (SSSR count). The van der Waals surface area contributed by atoms with Crippen LogP contribution in [0.2, 0.25) is 0 Å². The van der Waals surface area contributed by atoms with Crippen LogP contribution < -0.4 is 4.90 Å². The molecule has 1 fully saturated rings. The monoisotopic (exact) mass is 426 g/mol. The quantitative estimate of drug-likeness (QED) is 0.629. The van der Waals surface area contributed by atoms with E-state index in [0.717, 1.165) is 30.0 Å². The van der Waals surface area contributed by atoms with Gasteiger partial charge in [0.2, 0.25) is 5.91 Å². The van der Waals surface area contributed by atoms with Crippen LogP contribution in [0.5, 0.6) is 0 Å². The van der Waals surface area contributed by atoms with Crippen molar-refractivity contribution in [1.29, 1.82) is 0 Å². The molecule has 0 unspecified atom stereocenters. The summed E-state index contributed by atoms with van der Waals surface area (Å²) in [6, 6.07) is 23.0. The van der Waals surface area contributed by atoms with E-state index in [1.54, 1.807) is 11.1 Å². The molecular formula is C26H26N4O2. The molecule has 2 aromatic carbocycles. The molecule has 2 aliphatic heterocycles. The Hall–Kier alpha value is -3.67. The molecule has 0 aliphatic carbocycles. The zero-order valence-corrected chi connectivity index (χ0v) is 17.9. The molecule has 6 nitrogen and oxygen atoms in total. The van der Waals surface area contributed by atoms with Gasteiger partial charge in [-0.25, -0.2) is 4.98 Å². The lowest BCUT2D eigenvalue weighted by Gasteiger charge is -2.38. The maximum Gasteiger partial charge on any atom is 0.255 e. The number of hydrogen-bond acceptors (Lipinski definition) is 4. The van der Waals surface area contributed by atoms with E-state index >= 15 is 0 Å². The number of benzene rings is 2. The first kappa shape index (κ1) is 20.2. The number of fused-ring (bicyclic) bond motifs is 1. The topological polar surface area (TPSA) is 56.8 Å². The minimum absolute atomic E-state index is 0.0238. The third kappa shape index (κ3) is 3.96. The van der Waals surface area contributed by atoms with Crippen LogP contribution in [0.1, 0.15) is 21.5 Å². The first-order valence-electron chi connectivity index (χ1n) is 11.1. The molecule has 6 heteroatoms. The van der Waals surface area contributed by atoms with Gasteiger partial charge >= 0.3 is 0 Å². The molecule has 0 saturated carbocycles. The molecule has 0 bridgehead atoms. The lowest BCUT2D eigenvalue weighted by atomic mass is 10.0. The van der Waals surface area contributed by atoms with Crippen LogP contribution >= 0.6 is 0 Å². The Morgan fingerprint density at radius 3 is 2.31 bits per heavy atom. The normalized spacial score (nSPS) is 16.8. The fraction of sp³-hybridized carbons (Fsp3) is 0.269. The minimum Gasteiger partial charge on any atom is -0.353 e. The zero-order valence-electron chi connectivity index (χ0n) is 17.9. The number of nitrogens with zero attached hydrogens (tertiary/aromatic N) is 4. The maximum atomic E-state index is 13.7. The van der Waals surface area contributed by atoms with Crippen molar-refractivity contribution < 1.29 is 9.59 Å². The Balaban J connectivity index is 1.35. The van der Waals surface area contributed by atoms with Gasteiger partial charge in [-0.1, -0.05) is 54.6 Å². The van der Waals surface area contributed by atoms with Crippen molar-refractivity contribution in [1.82, 2.24) is 14.8 Å². The molecule has 32 heavy (non-hydrogen) atoms. The summed E-state index contributed by atoms with van der Waals surface area (Å²) in [5.41, 5.74) is 2.75. The Morgan fingerprint density at radius 1 is 0.875 bits per heavy atom. The summed E-state index contributed by atoms with van der Waals surface area (Å²) in [5.74, 6) is 0.906. The van der Waals surface area contributed by atoms with Gasteiger partial charge < -0.3 is 14.7 Å². The van der Waals surface area contributed by atoms with Gasteiger partial charge in [0, 0.05) is 50.9 Å². The average molecular weight is 427 g/mol. The van der Waals surface area contributed by atoms with E-state index in [4.69, 9.17) is 0 Å². The van der Waals surface area contributed by atoms with E-state index in [2.05, 4.69) is 9.88 Å². The van der Waals surface area contributed by atoms with E-state index in [1.165, 1.54) is 0 Å². The van der Waals surface area contributed by atoms with E-state index in [9.17, 15) is 9.59 Å². The highest BCUT2D eigenvalue weighted by Crippen LogP contribution is 2.27. The van der Waals surface area contributed by atoms with Crippen molar-refractivity contribution in [3.05, 3.63) is 95.7 Å². The largest absolute Gasteiger partial charge is 0.353 e. The van der Waals surface area contributed by atoms with Crippen molar-refractivity contribution in [3.8, 4) is 0 Å². The smallest absolute Gasteiger partial charge is 0.255 e. The molecular weight excluding hydrogens is 400 g/mol. The number of amides is 2. The summed E-state index contributed by atoms with van der Waals surface area (Å²) in [7, 11) is 0. The predicted octanol–water partition coefficient (Wildman–Crippen LogP) is 3.00. The van der Waals surface area contributed by atoms with E-state index in [-0.39, 0.29) is 11.8 Å². The van der Waals surface area contributed by atoms with Gasteiger partial charge in [0.25, 0.3) is 5.91 Å². The van der Waals surface area contributed by atoms with Gasteiger partial charge in [-0.15, -0.1) is 0 Å². The first-order chi connectivity index (χ1) is 15.7. The third-order valence-electron chi connectivity index (χ3n) is 6.35. The molecule has 2 amide bonds. The first-order valence-corrected chi connectivity index (χ1v) is 11.1. The molecule has 0 N–H and O–H groups in total. The minimum atomic E-state index is -0.515. The molecule has 1 atom stereocenters. The number of pyridine rings is 1. The molecule has 0 radical (unpaired) electrons. The number of rotatable bonds is 5. The van der Waals surface area contributed by atoms with Crippen LogP contribution in [0.15, 0.2) is 79.0 Å². The van der Waals surface area contributed by atoms with Gasteiger partial charge in [0.05, 0.1) is 0 Å². The molecule has 1 aromatic heterocycles. The van der Waals surface area contributed by atoms with Crippen molar-refractivity contribution >= 4 is 17.6 Å². The highest BCUT2D eigenvalue weighted by Gasteiger charge is 2.38. The number of piperazine rings is 1. The second-order valence-corrected chi connectivity index (χ2v) is 8.30. The van der Waals surface area contributed by atoms with Gasteiger partial charge in [-0.3, -0.25) is 9.59 Å². The number of anilines is 1. The Kier molecular flexibility index (Phi) is 5.58. The van der Waals surface area contributed by atoms with Crippen LogP contribution in [-0.4, -0.2) is 58.8 Å². The fourth-order valence-corrected chi connectivity index (χ4v) is 4.60. The molecule has 162 valence electrons. The summed E-state index contributed by atoms with van der Waals surface area (Å²) in [6.45, 7) is 3.18. The Bertz CT molecular complexity index is 1100. The number of hydrogen-bond donors (Lipinski definition) is 0. The van der Waals surface area contributed by atoms with Gasteiger partial charge in [-0.2, -0.15) is 0 Å². The molecule has 1 saturated heterocycles. The van der Waals surface area contributed by atoms with E-state index < -0.39 is 6.04 Å². The summed E-state index contributed by atoms with van der Waals surface area (Å²) in [5, 5.41) is 0. The van der Waals surface area contributed by atoms with Crippen molar-refractivity contribution in [2.75, 3.05) is 31.1 Å². The van der Waals surface area contributed by atoms with Crippen molar-refractivity contribution in [3.63, 3.8) is 0 Å². The summed E-state index contributed by atoms with van der Waals surface area (Å²) in [6.07, 6.45) is 2.30. The SMILES string of the molecule is O=C([C@H](Cc1ccccc1)N1Cc2ccccc2C1=O)N1CCN(c2ccccn2)CC1. The van der Waals surface area contributed by atoms with Crippen molar-refractivity contribution in [2.24, 2.45) is 0 Å². The highest BCUT2D eigenvalue weighted by molar-refractivity contribution is 6.01. The van der Waals surface area contributed by atoms with Crippen LogP contribution in [0.25, 0.3) is 0 Å². The van der Waals surface area contributed by atoms with Crippen molar-refractivity contribution in [2.45, 2.75) is 19.0 Å². The standard InChI is InChI=1S/C26H26N4O2/c31-25-22-11-5-4-10-21(22)19-30(25)23(18-20-8-2-1-3-9-20)26(32)29-16-14-28(15-17-29)24-12-6-7-13-27-24/h1-13,23H,14-19H2/t23-/m0/s1. The summed E-state index contributed by atoms with van der Waals surface area (Å²) >= 11 is 0. The summed E-state index contributed by atoms with van der Waals surface area (Å²) in [4.78, 5) is 37.2. The lowest BCUT2D eigenvalue weighted by molar-refractivity contribution is -0.136. The predicted molar refractivity (Wildman–Crippen MR) is 123 cm³/mol. The number of carbonyl (C=O) groups is 2. The van der Waals surface area contributed by atoms with Crippen LogP contribution in [-0.2, 0) is 17.8 Å². The van der Waals surface area contributed by atoms with Gasteiger partial charge in [-0.05, 0) is 29.3 Å². The van der Waals surface area contributed by atoms with Gasteiger partial charge in [0.1, 0.15) is 11.9 Å².